The van der Waals surface area contributed by atoms with E-state index in [1.54, 1.807) is 45.2 Å². The Morgan fingerprint density at radius 2 is 1.79 bits per heavy atom. The highest BCUT2D eigenvalue weighted by molar-refractivity contribution is 6.13. The number of aliphatic carboxylic acids is 1. The lowest BCUT2D eigenvalue weighted by Gasteiger charge is -2.19. The van der Waals surface area contributed by atoms with Crippen LogP contribution in [-0.2, 0) is 21.5 Å². The number of fused-ring (bicyclic) bond motifs is 1. The fourth-order valence-electron chi connectivity index (χ4n) is 3.09. The van der Waals surface area contributed by atoms with Gasteiger partial charge in [-0.1, -0.05) is 30.3 Å². The summed E-state index contributed by atoms with van der Waals surface area (Å²) in [6, 6.07) is 14.6. The number of amides is 1. The molecule has 0 radical (unpaired) electrons. The molecule has 1 heterocycles. The molecule has 0 aliphatic carbocycles. The molecule has 0 atom stereocenters. The molecule has 6 heteroatoms. The molecule has 2 aromatic carbocycles. The van der Waals surface area contributed by atoms with Gasteiger partial charge in [-0.25, -0.2) is 0 Å². The fraction of sp³-hybridized carbons (Fsp3) is 0.273. The number of carbonyl (C=O) groups excluding carboxylic acids is 1. The van der Waals surface area contributed by atoms with Crippen LogP contribution in [0.3, 0.4) is 0 Å². The third-order valence-corrected chi connectivity index (χ3v) is 4.97. The number of carboxylic acid groups (broad SMARTS) is 1. The van der Waals surface area contributed by atoms with Gasteiger partial charge in [0.1, 0.15) is 0 Å². The zero-order chi connectivity index (χ0) is 20.3. The van der Waals surface area contributed by atoms with Gasteiger partial charge in [-0.05, 0) is 37.6 Å². The summed E-state index contributed by atoms with van der Waals surface area (Å²) >= 11 is 0. The van der Waals surface area contributed by atoms with E-state index in [4.69, 9.17) is 4.74 Å². The minimum Gasteiger partial charge on any atom is -0.481 e. The van der Waals surface area contributed by atoms with E-state index in [9.17, 15) is 14.7 Å². The molecule has 0 aliphatic heterocycles. The Morgan fingerprint density at radius 1 is 1.11 bits per heavy atom. The maximum absolute atomic E-state index is 12.9. The van der Waals surface area contributed by atoms with Crippen LogP contribution in [0.2, 0.25) is 0 Å². The SMILES string of the molecule is COCCn1cc(C(=O)Nc2ccc(C(C)(C)C(=O)O)cc2)c2ccccc21. The maximum Gasteiger partial charge on any atom is 0.313 e. The Morgan fingerprint density at radius 3 is 2.43 bits per heavy atom. The number of benzene rings is 2. The van der Waals surface area contributed by atoms with Crippen LogP contribution in [0.4, 0.5) is 5.69 Å². The van der Waals surface area contributed by atoms with Crippen molar-refractivity contribution in [2.75, 3.05) is 19.0 Å². The number of hydrogen-bond acceptors (Lipinski definition) is 3. The molecule has 28 heavy (non-hydrogen) atoms. The lowest BCUT2D eigenvalue weighted by molar-refractivity contribution is -0.142. The first-order chi connectivity index (χ1) is 13.3. The second kappa shape index (κ2) is 7.86. The number of hydrogen-bond donors (Lipinski definition) is 2. The molecule has 0 fully saturated rings. The van der Waals surface area contributed by atoms with Crippen LogP contribution in [0, 0.1) is 0 Å². The second-order valence-corrected chi connectivity index (χ2v) is 7.21. The Kier molecular flexibility index (Phi) is 5.51. The van der Waals surface area contributed by atoms with Crippen molar-refractivity contribution in [3.8, 4) is 0 Å². The maximum atomic E-state index is 12.9. The van der Waals surface area contributed by atoms with Crippen LogP contribution in [-0.4, -0.2) is 35.3 Å². The predicted molar refractivity (Wildman–Crippen MR) is 109 cm³/mol. The number of ether oxygens (including phenoxy) is 1. The number of carboxylic acids is 1. The molecule has 0 unspecified atom stereocenters. The molecule has 2 N–H and O–H groups in total. The molecular formula is C22H24N2O4. The van der Waals surface area contributed by atoms with Crippen molar-refractivity contribution in [1.29, 1.82) is 0 Å². The van der Waals surface area contributed by atoms with E-state index < -0.39 is 11.4 Å². The smallest absolute Gasteiger partial charge is 0.313 e. The average Bonchev–Trinajstić information content (AvgIpc) is 3.05. The zero-order valence-corrected chi connectivity index (χ0v) is 16.2. The van der Waals surface area contributed by atoms with Crippen molar-refractivity contribution >= 4 is 28.5 Å². The van der Waals surface area contributed by atoms with Crippen molar-refractivity contribution in [3.05, 3.63) is 65.9 Å². The number of rotatable bonds is 7. The molecule has 0 saturated heterocycles. The summed E-state index contributed by atoms with van der Waals surface area (Å²) in [5.74, 6) is -1.11. The second-order valence-electron chi connectivity index (χ2n) is 7.21. The van der Waals surface area contributed by atoms with E-state index in [1.165, 1.54) is 0 Å². The third kappa shape index (κ3) is 3.77. The molecule has 1 aromatic heterocycles. The van der Waals surface area contributed by atoms with E-state index in [1.807, 2.05) is 35.0 Å². The van der Waals surface area contributed by atoms with Gasteiger partial charge in [0.05, 0.1) is 17.6 Å². The van der Waals surface area contributed by atoms with Gasteiger partial charge in [-0.3, -0.25) is 9.59 Å². The van der Waals surface area contributed by atoms with Crippen LogP contribution in [0.25, 0.3) is 10.9 Å². The van der Waals surface area contributed by atoms with E-state index in [0.717, 1.165) is 10.9 Å². The normalized spacial score (nSPS) is 11.5. The molecule has 1 amide bonds. The van der Waals surface area contributed by atoms with Gasteiger partial charge in [-0.2, -0.15) is 0 Å². The molecule has 0 spiro atoms. The molecule has 6 nitrogen and oxygen atoms in total. The highest BCUT2D eigenvalue weighted by atomic mass is 16.5. The summed E-state index contributed by atoms with van der Waals surface area (Å²) in [4.78, 5) is 24.2. The lowest BCUT2D eigenvalue weighted by atomic mass is 9.85. The van der Waals surface area contributed by atoms with Crippen molar-refractivity contribution in [2.24, 2.45) is 0 Å². The number of methoxy groups -OCH3 is 1. The van der Waals surface area contributed by atoms with Gasteiger partial charge in [0, 0.05) is 36.4 Å². The first-order valence-electron chi connectivity index (χ1n) is 9.06. The predicted octanol–water partition coefficient (Wildman–Crippen LogP) is 3.90. The highest BCUT2D eigenvalue weighted by Crippen LogP contribution is 2.26. The standard InChI is InChI=1S/C22H24N2O4/c1-22(2,21(26)27)15-8-10-16(11-9-15)23-20(25)18-14-24(12-13-28-3)19-7-5-4-6-17(18)19/h4-11,14H,12-13H2,1-3H3,(H,23,25)(H,26,27). The molecular weight excluding hydrogens is 356 g/mol. The quantitative estimate of drug-likeness (QED) is 0.651. The number of carbonyl (C=O) groups is 2. The summed E-state index contributed by atoms with van der Waals surface area (Å²) in [6.07, 6.45) is 1.83. The van der Waals surface area contributed by atoms with E-state index in [-0.39, 0.29) is 5.91 Å². The Labute approximate surface area is 163 Å². The van der Waals surface area contributed by atoms with Crippen LogP contribution in [0.1, 0.15) is 29.8 Å². The third-order valence-electron chi connectivity index (χ3n) is 4.97. The van der Waals surface area contributed by atoms with Gasteiger partial charge in [-0.15, -0.1) is 0 Å². The molecule has 3 rings (SSSR count). The van der Waals surface area contributed by atoms with Crippen molar-refractivity contribution in [2.45, 2.75) is 25.8 Å². The number of nitrogens with one attached hydrogen (secondary N) is 1. The highest BCUT2D eigenvalue weighted by Gasteiger charge is 2.29. The molecule has 3 aromatic rings. The van der Waals surface area contributed by atoms with Crippen LogP contribution in [0.5, 0.6) is 0 Å². The van der Waals surface area contributed by atoms with E-state index in [0.29, 0.717) is 30.0 Å². The van der Waals surface area contributed by atoms with Crippen molar-refractivity contribution < 1.29 is 19.4 Å². The first-order valence-corrected chi connectivity index (χ1v) is 9.06. The number of anilines is 1. The molecule has 146 valence electrons. The van der Waals surface area contributed by atoms with Crippen LogP contribution >= 0.6 is 0 Å². The Balaban J connectivity index is 1.84. The topological polar surface area (TPSA) is 80.6 Å². The van der Waals surface area contributed by atoms with Gasteiger partial charge in [0.25, 0.3) is 5.91 Å². The Hall–Kier alpha value is -3.12. The van der Waals surface area contributed by atoms with Crippen LogP contribution < -0.4 is 5.32 Å². The monoisotopic (exact) mass is 380 g/mol. The van der Waals surface area contributed by atoms with Crippen molar-refractivity contribution in [3.63, 3.8) is 0 Å². The van der Waals surface area contributed by atoms with Crippen molar-refractivity contribution in [1.82, 2.24) is 4.57 Å². The molecule has 0 bridgehead atoms. The summed E-state index contributed by atoms with van der Waals surface area (Å²) < 4.78 is 7.16. The van der Waals surface area contributed by atoms with Gasteiger partial charge < -0.3 is 19.7 Å². The van der Waals surface area contributed by atoms with E-state index in [2.05, 4.69) is 5.32 Å². The summed E-state index contributed by atoms with van der Waals surface area (Å²) in [7, 11) is 1.65. The zero-order valence-electron chi connectivity index (χ0n) is 16.2. The number of nitrogens with zero attached hydrogens (tertiary/aromatic N) is 1. The number of para-hydroxylation sites is 1. The largest absolute Gasteiger partial charge is 0.481 e. The summed E-state index contributed by atoms with van der Waals surface area (Å²) in [5, 5.41) is 13.1. The number of aromatic nitrogens is 1. The average molecular weight is 380 g/mol. The van der Waals surface area contributed by atoms with Gasteiger partial charge >= 0.3 is 5.97 Å². The van der Waals surface area contributed by atoms with Gasteiger partial charge in [0.15, 0.2) is 0 Å². The Bertz CT molecular complexity index is 1000. The summed E-state index contributed by atoms with van der Waals surface area (Å²) in [6.45, 7) is 4.51. The summed E-state index contributed by atoms with van der Waals surface area (Å²) in [5.41, 5.74) is 1.86. The molecule has 0 aliphatic rings. The lowest BCUT2D eigenvalue weighted by Crippen LogP contribution is -2.28. The molecule has 0 saturated carbocycles. The van der Waals surface area contributed by atoms with Gasteiger partial charge in [0.2, 0.25) is 0 Å². The first kappa shape index (κ1) is 19.6. The minimum atomic E-state index is -0.989. The van der Waals surface area contributed by atoms with Crippen LogP contribution in [0.15, 0.2) is 54.7 Å². The minimum absolute atomic E-state index is 0.211. The van der Waals surface area contributed by atoms with E-state index >= 15 is 0 Å². The fourth-order valence-corrected chi connectivity index (χ4v) is 3.09.